The number of hydrogen-bond acceptors (Lipinski definition) is 13. The second kappa shape index (κ2) is 28.7. The van der Waals surface area contributed by atoms with Crippen LogP contribution in [0.25, 0.3) is 22.3 Å². The van der Waals surface area contributed by atoms with E-state index in [2.05, 4.69) is 33.5 Å². The number of rotatable bonds is 17. The maximum Gasteiger partial charge on any atom is 0.251 e. The Morgan fingerprint density at radius 1 is 0.725 bits per heavy atom. The van der Waals surface area contributed by atoms with Crippen molar-refractivity contribution in [2.24, 2.45) is 5.73 Å². The van der Waals surface area contributed by atoms with E-state index in [1.165, 1.54) is 24.0 Å². The van der Waals surface area contributed by atoms with Crippen LogP contribution in [0.2, 0.25) is 0 Å². The maximum atomic E-state index is 14.6. The summed E-state index contributed by atoms with van der Waals surface area (Å²) in [5, 5.41) is 45.9. The van der Waals surface area contributed by atoms with Crippen LogP contribution in [-0.4, -0.2) is 173 Å². The summed E-state index contributed by atoms with van der Waals surface area (Å²) in [7, 11) is 3.74. The predicted octanol–water partition coefficient (Wildman–Crippen LogP) is 3.00. The van der Waals surface area contributed by atoms with Crippen molar-refractivity contribution in [3.63, 3.8) is 0 Å². The zero-order valence-corrected chi connectivity index (χ0v) is 46.3. The van der Waals surface area contributed by atoms with Crippen LogP contribution in [0.15, 0.2) is 97.1 Å². The lowest BCUT2D eigenvalue weighted by Crippen LogP contribution is -2.61. The molecule has 4 aromatic rings. The summed E-state index contributed by atoms with van der Waals surface area (Å²) in [6.45, 7) is 4.38. The Morgan fingerprint density at radius 2 is 1.32 bits per heavy atom. The largest absolute Gasteiger partial charge is 0.508 e. The Morgan fingerprint density at radius 3 is 1.95 bits per heavy atom. The fourth-order valence-corrected chi connectivity index (χ4v) is 10.4. The van der Waals surface area contributed by atoms with Crippen LogP contribution in [0.4, 0.5) is 0 Å². The Kier molecular flexibility index (Phi) is 21.6. The van der Waals surface area contributed by atoms with Crippen molar-refractivity contribution in [1.29, 1.82) is 0 Å². The van der Waals surface area contributed by atoms with Crippen molar-refractivity contribution in [2.45, 2.75) is 139 Å². The summed E-state index contributed by atoms with van der Waals surface area (Å²) in [5.41, 5.74) is 11.2. The predicted molar refractivity (Wildman–Crippen MR) is 302 cm³/mol. The molecule has 0 aliphatic carbocycles. The van der Waals surface area contributed by atoms with Gasteiger partial charge < -0.3 is 67.1 Å². The molecule has 10 N–H and O–H groups in total. The van der Waals surface area contributed by atoms with Gasteiger partial charge in [0.1, 0.15) is 47.8 Å². The van der Waals surface area contributed by atoms with Crippen molar-refractivity contribution in [3.8, 4) is 33.8 Å². The van der Waals surface area contributed by atoms with Crippen molar-refractivity contribution in [2.75, 3.05) is 46.9 Å². The number of benzene rings is 4. The molecule has 7 amide bonds. The number of aliphatic hydroxyl groups is 2. The number of nitrogens with zero attached hydrogens (tertiary/aromatic N) is 3. The van der Waals surface area contributed by atoms with E-state index in [1.807, 2.05) is 67.5 Å². The van der Waals surface area contributed by atoms with Gasteiger partial charge in [0, 0.05) is 37.7 Å². The molecule has 0 spiro atoms. The molecule has 430 valence electrons. The third-order valence-electron chi connectivity index (χ3n) is 15.0. The summed E-state index contributed by atoms with van der Waals surface area (Å²) in [6.07, 6.45) is 1.42. The van der Waals surface area contributed by atoms with E-state index in [0.29, 0.717) is 19.6 Å². The van der Waals surface area contributed by atoms with E-state index in [0.717, 1.165) is 57.7 Å². The van der Waals surface area contributed by atoms with E-state index in [1.54, 1.807) is 36.4 Å². The molecular weight excluding hydrogens is 1020 g/mol. The van der Waals surface area contributed by atoms with Gasteiger partial charge in [-0.1, -0.05) is 80.4 Å². The zero-order valence-electron chi connectivity index (χ0n) is 46.3. The molecule has 3 aliphatic rings. The molecule has 3 heterocycles. The molecule has 4 aromatic carbocycles. The van der Waals surface area contributed by atoms with Gasteiger partial charge in [-0.3, -0.25) is 33.6 Å². The number of aromatic hydroxyl groups is 1. The number of aryl methyl sites for hydroxylation is 1. The minimum atomic E-state index is -1.66. The fourth-order valence-electron chi connectivity index (χ4n) is 10.4. The number of phenols is 1. The quantitative estimate of drug-likeness (QED) is 0.0689. The third kappa shape index (κ3) is 16.4. The van der Waals surface area contributed by atoms with Crippen LogP contribution >= 0.6 is 0 Å². The lowest BCUT2D eigenvalue weighted by atomic mass is 9.99. The van der Waals surface area contributed by atoms with Gasteiger partial charge in [0.15, 0.2) is 0 Å². The number of hydrogen-bond donors (Lipinski definition) is 9. The van der Waals surface area contributed by atoms with E-state index >= 15 is 0 Å². The van der Waals surface area contributed by atoms with Crippen molar-refractivity contribution < 1.29 is 53.6 Å². The number of phenolic OH excluding ortho intramolecular Hbond substituents is 1. The van der Waals surface area contributed by atoms with Crippen LogP contribution < -0.4 is 37.1 Å². The standard InChI is InChI=1S/C60H79N9O11/c1-5-6-7-32-80-47-27-23-42(24-28-47)40-17-15-39(16-18-40)41-19-21-43(22-20-41)54(73)63-48-10-8-30-62-57(76)51-33-44(61)35-68(51)59(78)50(11-9-31-67(3)4)65-55(74)49(29-14-38-12-25-45(71)26-13-38)64-58(77)52-34-46(72)36-69(52)60(79)53(37(2)70)66-56(48)75/h12-13,15-28,37,44,46,48-53,70-72H,5-11,14,29-36,61H2,1-4H3,(H,62,76)(H,63,73)(H,64,77)(H,65,74)(H,66,75)/t37?,44-,46+,48-,49?,50?,51?,52?,53?/m0/s1. The van der Waals surface area contributed by atoms with Gasteiger partial charge in [-0.25, -0.2) is 0 Å². The fraction of sp³-hybridized carbons (Fsp3) is 0.483. The van der Waals surface area contributed by atoms with Gasteiger partial charge in [-0.15, -0.1) is 0 Å². The van der Waals surface area contributed by atoms with Gasteiger partial charge in [-0.05, 0) is 143 Å². The number of carbonyl (C=O) groups excluding carboxylic acids is 7. The number of unbranched alkanes of at least 4 members (excludes halogenated alkanes) is 2. The van der Waals surface area contributed by atoms with E-state index < -0.39 is 95.9 Å². The van der Waals surface area contributed by atoms with E-state index in [-0.39, 0.29) is 75.9 Å². The summed E-state index contributed by atoms with van der Waals surface area (Å²) in [5.74, 6) is -4.05. The Balaban J connectivity index is 1.12. The monoisotopic (exact) mass is 1100 g/mol. The van der Waals surface area contributed by atoms with Crippen molar-refractivity contribution in [1.82, 2.24) is 41.3 Å². The van der Waals surface area contributed by atoms with Crippen LogP contribution in [-0.2, 0) is 35.2 Å². The first-order chi connectivity index (χ1) is 38.4. The number of nitrogens with one attached hydrogen (secondary N) is 5. The molecule has 3 saturated heterocycles. The molecule has 3 aliphatic heterocycles. The lowest BCUT2D eigenvalue weighted by Gasteiger charge is -2.32. The smallest absolute Gasteiger partial charge is 0.251 e. The molecule has 0 saturated carbocycles. The molecule has 7 rings (SSSR count). The molecule has 0 radical (unpaired) electrons. The van der Waals surface area contributed by atoms with Crippen molar-refractivity contribution in [3.05, 3.63) is 108 Å². The molecule has 0 aromatic heterocycles. The zero-order chi connectivity index (χ0) is 57.5. The maximum absolute atomic E-state index is 14.6. The van der Waals surface area contributed by atoms with Gasteiger partial charge >= 0.3 is 0 Å². The second-order valence-electron chi connectivity index (χ2n) is 21.6. The van der Waals surface area contributed by atoms with Crippen LogP contribution in [0.1, 0.15) is 94.0 Å². The molecule has 80 heavy (non-hydrogen) atoms. The van der Waals surface area contributed by atoms with Gasteiger partial charge in [-0.2, -0.15) is 0 Å². The molecule has 6 unspecified atom stereocenters. The second-order valence-corrected chi connectivity index (χ2v) is 21.6. The van der Waals surface area contributed by atoms with Crippen LogP contribution in [0.3, 0.4) is 0 Å². The highest BCUT2D eigenvalue weighted by atomic mass is 16.5. The van der Waals surface area contributed by atoms with Gasteiger partial charge in [0.2, 0.25) is 35.4 Å². The highest BCUT2D eigenvalue weighted by Crippen LogP contribution is 2.28. The van der Waals surface area contributed by atoms with Crippen LogP contribution in [0.5, 0.6) is 11.5 Å². The third-order valence-corrected chi connectivity index (χ3v) is 15.0. The Labute approximate surface area is 468 Å². The van der Waals surface area contributed by atoms with E-state index in [9.17, 15) is 48.9 Å². The number of fused-ring (bicyclic) bond motifs is 2. The minimum Gasteiger partial charge on any atom is -0.508 e. The SMILES string of the molecule is CCCCCOc1ccc(-c2ccc(-c3ccc(C(=O)N[C@H]4CCCNC(=O)C5C[C@H](N)CN5C(=O)C(CCCN(C)C)NC(=O)C(CCc5ccc(O)cc5)NC(=O)C5C[C@@H](O)CN5C(=O)C(C(C)O)NC4=O)cc3)cc2)cc1. The number of nitrogens with two attached hydrogens (primary N) is 1. The summed E-state index contributed by atoms with van der Waals surface area (Å²) < 4.78 is 5.87. The Bertz CT molecular complexity index is 2740. The molecular formula is C60H79N9O11. The molecule has 20 heteroatoms. The van der Waals surface area contributed by atoms with Gasteiger partial charge in [0.25, 0.3) is 5.91 Å². The van der Waals surface area contributed by atoms with Gasteiger partial charge in [0.05, 0.1) is 18.8 Å². The summed E-state index contributed by atoms with van der Waals surface area (Å²) >= 11 is 0. The highest BCUT2D eigenvalue weighted by molar-refractivity contribution is 6.00. The summed E-state index contributed by atoms with van der Waals surface area (Å²) in [4.78, 5) is 105. The Hall–Kier alpha value is -7.39. The van der Waals surface area contributed by atoms with Crippen LogP contribution in [0, 0.1) is 0 Å². The topological polar surface area (TPSA) is 285 Å². The number of carbonyl (C=O) groups is 7. The number of aliphatic hydroxyl groups excluding tert-OH is 2. The molecule has 3 fully saturated rings. The minimum absolute atomic E-state index is 0.00416. The highest BCUT2D eigenvalue weighted by Gasteiger charge is 2.45. The molecule has 20 nitrogen and oxygen atoms in total. The lowest BCUT2D eigenvalue weighted by molar-refractivity contribution is -0.145. The number of ether oxygens (including phenoxy) is 1. The normalized spacial score (nSPS) is 23.9. The first-order valence-corrected chi connectivity index (χ1v) is 28.0. The first kappa shape index (κ1) is 60.3. The average Bonchev–Trinajstić information content (AvgIpc) is 4.05. The molecule has 0 bridgehead atoms. The number of amides is 7. The summed E-state index contributed by atoms with van der Waals surface area (Å²) in [6, 6.07) is 20.8. The first-order valence-electron chi connectivity index (χ1n) is 28.0. The van der Waals surface area contributed by atoms with E-state index in [4.69, 9.17) is 10.5 Å². The molecule has 9 atom stereocenters. The average molecular weight is 1100 g/mol. The van der Waals surface area contributed by atoms with Crippen molar-refractivity contribution >= 4 is 41.4 Å².